The number of amides is 3. The van der Waals surface area contributed by atoms with Crippen LogP contribution in [0, 0.1) is 11.3 Å². The van der Waals surface area contributed by atoms with Crippen molar-refractivity contribution in [3.8, 4) is 6.07 Å². The zero-order valence-corrected chi connectivity index (χ0v) is 17.1. The van der Waals surface area contributed by atoms with Crippen LogP contribution in [0.15, 0.2) is 42.5 Å². The van der Waals surface area contributed by atoms with Gasteiger partial charge in [-0.05, 0) is 48.4 Å². The fourth-order valence-electron chi connectivity index (χ4n) is 3.76. The molecule has 2 aromatic carbocycles. The number of primary amides is 1. The third-order valence-electron chi connectivity index (χ3n) is 5.26. The van der Waals surface area contributed by atoms with Gasteiger partial charge in [0.2, 0.25) is 5.91 Å². The topological polar surface area (TPSA) is 120 Å². The molecule has 5 N–H and O–H groups in total. The molecule has 1 fully saturated rings. The molecule has 0 radical (unpaired) electrons. The van der Waals surface area contributed by atoms with Crippen LogP contribution < -0.4 is 21.7 Å². The molecular formula is C21H17F6N5O2. The summed E-state index contributed by atoms with van der Waals surface area (Å²) >= 11 is 0. The Hall–Kier alpha value is -3.79. The second-order valence-corrected chi connectivity index (χ2v) is 7.55. The second-order valence-electron chi connectivity index (χ2n) is 7.55. The van der Waals surface area contributed by atoms with Crippen LogP contribution in [0.2, 0.25) is 0 Å². The van der Waals surface area contributed by atoms with E-state index in [-0.39, 0.29) is 11.3 Å². The van der Waals surface area contributed by atoms with Crippen LogP contribution in [-0.2, 0) is 11.0 Å². The SMILES string of the molecule is N#Cc1ccc(C2CC(C(=O)Nc3ccc(NC(N)=O)cc3)NC2C(F)(F)F)cc1C(F)(F)F. The molecule has 0 saturated carbocycles. The lowest BCUT2D eigenvalue weighted by atomic mass is 9.88. The van der Waals surface area contributed by atoms with Crippen LogP contribution in [0.4, 0.5) is 42.5 Å². The lowest BCUT2D eigenvalue weighted by Crippen LogP contribution is -2.46. The molecular weight excluding hydrogens is 468 g/mol. The molecule has 0 spiro atoms. The van der Waals surface area contributed by atoms with Crippen LogP contribution in [0.5, 0.6) is 0 Å². The molecule has 1 aliphatic rings. The van der Waals surface area contributed by atoms with Crippen LogP contribution in [-0.4, -0.2) is 30.2 Å². The predicted octanol–water partition coefficient (Wildman–Crippen LogP) is 4.08. The number of nitriles is 1. The zero-order chi connectivity index (χ0) is 25.3. The van der Waals surface area contributed by atoms with Crippen molar-refractivity contribution < 1.29 is 35.9 Å². The maximum atomic E-state index is 13.7. The molecule has 1 heterocycles. The van der Waals surface area contributed by atoms with Gasteiger partial charge in [0.15, 0.2) is 0 Å². The largest absolute Gasteiger partial charge is 0.417 e. The molecule has 1 aliphatic heterocycles. The number of alkyl halides is 6. The van der Waals surface area contributed by atoms with Gasteiger partial charge in [-0.1, -0.05) is 6.07 Å². The highest BCUT2D eigenvalue weighted by Crippen LogP contribution is 2.42. The number of rotatable bonds is 4. The standard InChI is InChI=1S/C21H17F6N5O2/c22-20(23,24)15-7-10(1-2-11(15)9-28)14-8-16(32-17(14)21(25,26)27)18(33)30-12-3-5-13(6-4-12)31-19(29)34/h1-7,14,16-17,32H,8H2,(H,30,33)(H3,29,31,34). The number of nitrogens with one attached hydrogen (secondary N) is 3. The van der Waals surface area contributed by atoms with E-state index in [9.17, 15) is 35.9 Å². The number of anilines is 2. The van der Waals surface area contributed by atoms with Crippen molar-refractivity contribution in [1.82, 2.24) is 5.32 Å². The average Bonchev–Trinajstić information content (AvgIpc) is 3.20. The Morgan fingerprint density at radius 2 is 1.59 bits per heavy atom. The van der Waals surface area contributed by atoms with E-state index in [1.54, 1.807) is 0 Å². The minimum absolute atomic E-state index is 0.214. The number of hydrogen-bond donors (Lipinski definition) is 4. The quantitative estimate of drug-likeness (QED) is 0.488. The number of carbonyl (C=O) groups excluding carboxylic acids is 2. The van der Waals surface area contributed by atoms with Crippen LogP contribution in [0.3, 0.4) is 0 Å². The van der Waals surface area contributed by atoms with E-state index in [4.69, 9.17) is 11.0 Å². The van der Waals surface area contributed by atoms with Crippen molar-refractivity contribution in [2.75, 3.05) is 10.6 Å². The number of hydrogen-bond acceptors (Lipinski definition) is 4. The summed E-state index contributed by atoms with van der Waals surface area (Å²) < 4.78 is 80.9. The molecule has 13 heteroatoms. The van der Waals surface area contributed by atoms with Crippen molar-refractivity contribution in [2.45, 2.75) is 36.8 Å². The van der Waals surface area contributed by atoms with E-state index in [1.807, 2.05) is 0 Å². The van der Waals surface area contributed by atoms with Crippen LogP contribution >= 0.6 is 0 Å². The molecule has 3 amide bonds. The molecule has 180 valence electrons. The van der Waals surface area contributed by atoms with E-state index < -0.39 is 59.8 Å². The van der Waals surface area contributed by atoms with Gasteiger partial charge >= 0.3 is 18.4 Å². The highest BCUT2D eigenvalue weighted by Gasteiger charge is 2.52. The van der Waals surface area contributed by atoms with Gasteiger partial charge in [-0.3, -0.25) is 10.1 Å². The van der Waals surface area contributed by atoms with E-state index in [0.717, 1.165) is 12.1 Å². The highest BCUT2D eigenvalue weighted by molar-refractivity contribution is 5.95. The first kappa shape index (κ1) is 24.8. The lowest BCUT2D eigenvalue weighted by molar-refractivity contribution is -0.156. The fourth-order valence-corrected chi connectivity index (χ4v) is 3.76. The number of urea groups is 1. The molecule has 7 nitrogen and oxygen atoms in total. The third kappa shape index (κ3) is 5.57. The second kappa shape index (κ2) is 9.22. The van der Waals surface area contributed by atoms with Gasteiger partial charge < -0.3 is 16.4 Å². The summed E-state index contributed by atoms with van der Waals surface area (Å²) in [4.78, 5) is 23.4. The Labute approximate surface area is 188 Å². The van der Waals surface area contributed by atoms with Crippen molar-refractivity contribution in [3.63, 3.8) is 0 Å². The monoisotopic (exact) mass is 485 g/mol. The molecule has 3 unspecified atom stereocenters. The van der Waals surface area contributed by atoms with Gasteiger partial charge in [-0.15, -0.1) is 0 Å². The molecule has 34 heavy (non-hydrogen) atoms. The predicted molar refractivity (Wildman–Crippen MR) is 109 cm³/mol. The minimum atomic E-state index is -4.94. The molecule has 1 saturated heterocycles. The Balaban J connectivity index is 1.83. The first-order valence-electron chi connectivity index (χ1n) is 9.71. The van der Waals surface area contributed by atoms with Crippen LogP contribution in [0.25, 0.3) is 0 Å². The first-order valence-corrected chi connectivity index (χ1v) is 9.71. The normalized spacial score (nSPS) is 20.4. The summed E-state index contributed by atoms with van der Waals surface area (Å²) in [6.45, 7) is 0. The van der Waals surface area contributed by atoms with Crippen molar-refractivity contribution in [2.24, 2.45) is 5.73 Å². The lowest BCUT2D eigenvalue weighted by Gasteiger charge is -2.23. The van der Waals surface area contributed by atoms with Gasteiger partial charge in [-0.25, -0.2) is 4.79 Å². The molecule has 0 aromatic heterocycles. The van der Waals surface area contributed by atoms with Gasteiger partial charge in [0.1, 0.15) is 6.04 Å². The smallest absolute Gasteiger partial charge is 0.351 e. The Morgan fingerprint density at radius 1 is 1.00 bits per heavy atom. The maximum absolute atomic E-state index is 13.7. The molecule has 3 rings (SSSR count). The summed E-state index contributed by atoms with van der Waals surface area (Å²) in [6, 6.07) is 4.87. The van der Waals surface area contributed by atoms with Gasteiger partial charge in [-0.2, -0.15) is 31.6 Å². The molecule has 3 atom stereocenters. The number of nitrogens with two attached hydrogens (primary N) is 1. The Bertz CT molecular complexity index is 1120. The summed E-state index contributed by atoms with van der Waals surface area (Å²) in [5.74, 6) is -2.32. The van der Waals surface area contributed by atoms with E-state index in [2.05, 4.69) is 16.0 Å². The van der Waals surface area contributed by atoms with Crippen molar-refractivity contribution >= 4 is 23.3 Å². The maximum Gasteiger partial charge on any atom is 0.417 e. The van der Waals surface area contributed by atoms with Gasteiger partial charge in [0.25, 0.3) is 0 Å². The number of carbonyl (C=O) groups is 2. The van der Waals surface area contributed by atoms with E-state index >= 15 is 0 Å². The summed E-state index contributed by atoms with van der Waals surface area (Å²) in [5.41, 5.74) is 3.17. The van der Waals surface area contributed by atoms with E-state index in [1.165, 1.54) is 30.3 Å². The molecule has 0 bridgehead atoms. The molecule has 2 aromatic rings. The minimum Gasteiger partial charge on any atom is -0.351 e. The van der Waals surface area contributed by atoms with E-state index in [0.29, 0.717) is 11.8 Å². The van der Waals surface area contributed by atoms with Gasteiger partial charge in [0.05, 0.1) is 23.2 Å². The zero-order valence-electron chi connectivity index (χ0n) is 17.1. The highest BCUT2D eigenvalue weighted by atomic mass is 19.4. The Kier molecular flexibility index (Phi) is 6.74. The average molecular weight is 485 g/mol. The third-order valence-corrected chi connectivity index (χ3v) is 5.26. The summed E-state index contributed by atoms with van der Waals surface area (Å²) in [6.07, 6.45) is -10.2. The fraction of sp³-hybridized carbons (Fsp3) is 0.286. The number of benzene rings is 2. The summed E-state index contributed by atoms with van der Waals surface area (Å²) in [7, 11) is 0. The Morgan fingerprint density at radius 3 is 2.09 bits per heavy atom. The van der Waals surface area contributed by atoms with Crippen LogP contribution in [0.1, 0.15) is 29.0 Å². The van der Waals surface area contributed by atoms with Gasteiger partial charge in [0, 0.05) is 17.3 Å². The number of nitrogens with zero attached hydrogens (tertiary/aromatic N) is 1. The summed E-state index contributed by atoms with van der Waals surface area (Å²) in [5, 5.41) is 15.8. The van der Waals surface area contributed by atoms with Crippen molar-refractivity contribution in [3.05, 3.63) is 59.2 Å². The first-order chi connectivity index (χ1) is 15.8. The van der Waals surface area contributed by atoms with Crippen molar-refractivity contribution in [1.29, 1.82) is 5.26 Å². The molecule has 0 aliphatic carbocycles. The number of halogens is 6.